The molecule has 0 bridgehead atoms. The molecule has 1 fully saturated rings. The number of benzene rings is 1. The Kier molecular flexibility index (Phi) is 2.87. The molecule has 1 atom stereocenters. The molecule has 1 aromatic carbocycles. The fourth-order valence-electron chi connectivity index (χ4n) is 2.18. The monoisotopic (exact) mass is 190 g/mol. The van der Waals surface area contributed by atoms with Gasteiger partial charge in [0.05, 0.1) is 6.61 Å². The van der Waals surface area contributed by atoms with Crippen LogP contribution in [0.1, 0.15) is 36.3 Å². The van der Waals surface area contributed by atoms with Crippen LogP contribution in [0.2, 0.25) is 0 Å². The number of aliphatic hydroxyl groups excluding tert-OH is 1. The minimum absolute atomic E-state index is 0.299. The fraction of sp³-hybridized carbons (Fsp3) is 0.538. The van der Waals surface area contributed by atoms with Gasteiger partial charge in [0.25, 0.3) is 0 Å². The highest BCUT2D eigenvalue weighted by Crippen LogP contribution is 2.38. The molecule has 76 valence electrons. The molecule has 14 heavy (non-hydrogen) atoms. The zero-order chi connectivity index (χ0) is 9.97. The van der Waals surface area contributed by atoms with Crippen LogP contribution >= 0.6 is 0 Å². The number of aryl methyl sites for hydroxylation is 1. The second-order valence-corrected chi connectivity index (χ2v) is 4.39. The van der Waals surface area contributed by atoms with Crippen LogP contribution in [-0.4, -0.2) is 11.7 Å². The summed E-state index contributed by atoms with van der Waals surface area (Å²) in [7, 11) is 0. The van der Waals surface area contributed by atoms with Crippen molar-refractivity contribution in [3.63, 3.8) is 0 Å². The van der Waals surface area contributed by atoms with Gasteiger partial charge >= 0.3 is 0 Å². The lowest BCUT2D eigenvalue weighted by atomic mass is 9.73. The molecule has 0 saturated heterocycles. The summed E-state index contributed by atoms with van der Waals surface area (Å²) >= 11 is 0. The molecule has 1 heteroatoms. The molecule has 1 aromatic rings. The van der Waals surface area contributed by atoms with E-state index in [1.54, 1.807) is 0 Å². The van der Waals surface area contributed by atoms with Crippen molar-refractivity contribution >= 4 is 0 Å². The summed E-state index contributed by atoms with van der Waals surface area (Å²) in [6.45, 7) is 2.40. The average molecular weight is 190 g/mol. The molecule has 1 N–H and O–H groups in total. The van der Waals surface area contributed by atoms with Crippen LogP contribution in [0.15, 0.2) is 24.3 Å². The predicted octanol–water partition coefficient (Wildman–Crippen LogP) is 2.87. The van der Waals surface area contributed by atoms with Gasteiger partial charge in [-0.05, 0) is 31.2 Å². The van der Waals surface area contributed by atoms with Gasteiger partial charge in [-0.1, -0.05) is 36.2 Å². The van der Waals surface area contributed by atoms with Crippen molar-refractivity contribution in [3.8, 4) is 0 Å². The molecule has 1 saturated carbocycles. The maximum atomic E-state index is 9.38. The van der Waals surface area contributed by atoms with Gasteiger partial charge in [0, 0.05) is 5.92 Å². The molecule has 2 rings (SSSR count). The van der Waals surface area contributed by atoms with E-state index in [9.17, 15) is 5.11 Å². The Morgan fingerprint density at radius 1 is 1.29 bits per heavy atom. The Balaban J connectivity index is 2.14. The van der Waals surface area contributed by atoms with E-state index in [0.717, 1.165) is 5.92 Å². The Bertz CT molecular complexity index is 285. The summed E-state index contributed by atoms with van der Waals surface area (Å²) in [5.74, 6) is 1.10. The maximum absolute atomic E-state index is 9.38. The minimum Gasteiger partial charge on any atom is -0.396 e. The maximum Gasteiger partial charge on any atom is 0.0502 e. The third-order valence-electron chi connectivity index (χ3n) is 3.42. The second-order valence-electron chi connectivity index (χ2n) is 4.39. The van der Waals surface area contributed by atoms with Crippen LogP contribution in [0.3, 0.4) is 0 Å². The normalized spacial score (nSPS) is 19.0. The van der Waals surface area contributed by atoms with E-state index in [2.05, 4.69) is 31.2 Å². The molecule has 0 spiro atoms. The largest absolute Gasteiger partial charge is 0.396 e. The van der Waals surface area contributed by atoms with Gasteiger partial charge in [-0.2, -0.15) is 0 Å². The van der Waals surface area contributed by atoms with Crippen LogP contribution in [0.4, 0.5) is 0 Å². The van der Waals surface area contributed by atoms with Crippen molar-refractivity contribution in [2.24, 2.45) is 5.92 Å². The summed E-state index contributed by atoms with van der Waals surface area (Å²) in [5.41, 5.74) is 2.60. The van der Waals surface area contributed by atoms with Crippen LogP contribution in [0.5, 0.6) is 0 Å². The minimum atomic E-state index is 0.299. The van der Waals surface area contributed by atoms with E-state index in [4.69, 9.17) is 0 Å². The van der Waals surface area contributed by atoms with Gasteiger partial charge in [-0.25, -0.2) is 0 Å². The molecule has 1 aliphatic rings. The molecule has 0 heterocycles. The first-order chi connectivity index (χ1) is 6.81. The topological polar surface area (TPSA) is 20.2 Å². The van der Waals surface area contributed by atoms with E-state index in [1.807, 2.05) is 0 Å². The van der Waals surface area contributed by atoms with Crippen molar-refractivity contribution < 1.29 is 5.11 Å². The quantitative estimate of drug-likeness (QED) is 0.777. The summed E-state index contributed by atoms with van der Waals surface area (Å²) < 4.78 is 0. The van der Waals surface area contributed by atoms with E-state index in [1.165, 1.54) is 30.4 Å². The van der Waals surface area contributed by atoms with Gasteiger partial charge < -0.3 is 5.11 Å². The number of hydrogen-bond donors (Lipinski definition) is 1. The Labute approximate surface area is 85.8 Å². The third-order valence-corrected chi connectivity index (χ3v) is 3.42. The van der Waals surface area contributed by atoms with Gasteiger partial charge in [-0.3, -0.25) is 0 Å². The summed E-state index contributed by atoms with van der Waals surface area (Å²) in [5, 5.41) is 9.38. The van der Waals surface area contributed by atoms with Crippen LogP contribution in [-0.2, 0) is 0 Å². The summed E-state index contributed by atoms with van der Waals surface area (Å²) in [6.07, 6.45) is 3.92. The number of rotatable bonds is 3. The van der Waals surface area contributed by atoms with Crippen molar-refractivity contribution in [1.29, 1.82) is 0 Å². The highest BCUT2D eigenvalue weighted by atomic mass is 16.3. The molecule has 1 aliphatic carbocycles. The lowest BCUT2D eigenvalue weighted by molar-refractivity contribution is 0.173. The first-order valence-corrected chi connectivity index (χ1v) is 5.48. The Morgan fingerprint density at radius 2 is 1.93 bits per heavy atom. The molecule has 1 nitrogen and oxygen atoms in total. The molecular weight excluding hydrogens is 172 g/mol. The first-order valence-electron chi connectivity index (χ1n) is 5.48. The summed E-state index contributed by atoms with van der Waals surface area (Å²) in [6, 6.07) is 8.59. The SMILES string of the molecule is Cc1ccc(C(CO)C2CCC2)cc1. The Morgan fingerprint density at radius 3 is 2.36 bits per heavy atom. The van der Waals surface area contributed by atoms with E-state index < -0.39 is 0 Å². The van der Waals surface area contributed by atoms with Gasteiger partial charge in [0.1, 0.15) is 0 Å². The van der Waals surface area contributed by atoms with Crippen molar-refractivity contribution in [1.82, 2.24) is 0 Å². The lowest BCUT2D eigenvalue weighted by Gasteiger charge is -2.33. The molecule has 0 aromatic heterocycles. The standard InChI is InChI=1S/C13H18O/c1-10-5-7-12(8-6-10)13(9-14)11-3-2-4-11/h5-8,11,13-14H,2-4,9H2,1H3. The van der Waals surface area contributed by atoms with E-state index in [-0.39, 0.29) is 0 Å². The van der Waals surface area contributed by atoms with Gasteiger partial charge in [-0.15, -0.1) is 0 Å². The first kappa shape index (κ1) is 9.72. The van der Waals surface area contributed by atoms with Crippen molar-refractivity contribution in [3.05, 3.63) is 35.4 Å². The molecule has 1 unspecified atom stereocenters. The molecular formula is C13H18O. The second kappa shape index (κ2) is 4.14. The zero-order valence-corrected chi connectivity index (χ0v) is 8.74. The Hall–Kier alpha value is -0.820. The van der Waals surface area contributed by atoms with Crippen LogP contribution in [0, 0.1) is 12.8 Å². The zero-order valence-electron chi connectivity index (χ0n) is 8.74. The van der Waals surface area contributed by atoms with Gasteiger partial charge in [0.2, 0.25) is 0 Å². The summed E-state index contributed by atoms with van der Waals surface area (Å²) in [4.78, 5) is 0. The predicted molar refractivity (Wildman–Crippen MR) is 58.3 cm³/mol. The van der Waals surface area contributed by atoms with E-state index in [0.29, 0.717) is 12.5 Å². The van der Waals surface area contributed by atoms with E-state index >= 15 is 0 Å². The van der Waals surface area contributed by atoms with Crippen LogP contribution < -0.4 is 0 Å². The average Bonchev–Trinajstić information content (AvgIpc) is 2.13. The highest BCUT2D eigenvalue weighted by molar-refractivity contribution is 5.25. The molecule has 0 aliphatic heterocycles. The molecule has 0 radical (unpaired) electrons. The highest BCUT2D eigenvalue weighted by Gasteiger charge is 2.27. The number of aliphatic hydroxyl groups is 1. The van der Waals surface area contributed by atoms with Crippen molar-refractivity contribution in [2.75, 3.05) is 6.61 Å². The lowest BCUT2D eigenvalue weighted by Crippen LogP contribution is -2.23. The van der Waals surface area contributed by atoms with Crippen LogP contribution in [0.25, 0.3) is 0 Å². The van der Waals surface area contributed by atoms with Gasteiger partial charge in [0.15, 0.2) is 0 Å². The van der Waals surface area contributed by atoms with Crippen molar-refractivity contribution in [2.45, 2.75) is 32.1 Å². The molecule has 0 amide bonds. The third kappa shape index (κ3) is 1.83. The number of hydrogen-bond acceptors (Lipinski definition) is 1. The fourth-order valence-corrected chi connectivity index (χ4v) is 2.18. The smallest absolute Gasteiger partial charge is 0.0502 e.